The van der Waals surface area contributed by atoms with Gasteiger partial charge in [-0.2, -0.15) is 0 Å². The standard InChI is InChI=1S/C28H26F2N4O/c1-17-9-18(5-7-31-17)28-23-11-21-14-34(27(35)12-19(21)10-20(23)13-32-28)22-6-8-33(15-22)16-24-25(29)3-2-4-26(24)30/h2-5,7,9-11,22H,6,8,12-16H2,1H3/t22-/m1/s1. The molecule has 1 aromatic heterocycles. The van der Waals surface area contributed by atoms with Crippen molar-refractivity contribution in [3.05, 3.63) is 99.4 Å². The van der Waals surface area contributed by atoms with Gasteiger partial charge in [0.1, 0.15) is 11.6 Å². The minimum absolute atomic E-state index is 0.0368. The first kappa shape index (κ1) is 22.0. The molecule has 1 fully saturated rings. The lowest BCUT2D eigenvalue weighted by molar-refractivity contribution is -0.134. The van der Waals surface area contributed by atoms with Gasteiger partial charge >= 0.3 is 0 Å². The third-order valence-corrected chi connectivity index (χ3v) is 7.39. The number of benzene rings is 2. The Morgan fingerprint density at radius 1 is 1.06 bits per heavy atom. The maximum Gasteiger partial charge on any atom is 0.227 e. The van der Waals surface area contributed by atoms with Crippen LogP contribution in [0.4, 0.5) is 8.78 Å². The van der Waals surface area contributed by atoms with Crippen molar-refractivity contribution >= 4 is 11.6 Å². The lowest BCUT2D eigenvalue weighted by Gasteiger charge is -2.34. The Bertz CT molecular complexity index is 1350. The van der Waals surface area contributed by atoms with Crippen LogP contribution in [0.5, 0.6) is 0 Å². The second-order valence-electron chi connectivity index (χ2n) is 9.71. The van der Waals surface area contributed by atoms with Gasteiger partial charge < -0.3 is 4.90 Å². The van der Waals surface area contributed by atoms with E-state index in [0.29, 0.717) is 32.6 Å². The van der Waals surface area contributed by atoms with E-state index in [4.69, 9.17) is 4.99 Å². The highest BCUT2D eigenvalue weighted by molar-refractivity contribution is 6.15. The lowest BCUT2D eigenvalue weighted by Crippen LogP contribution is -2.44. The normalized spacial score (nSPS) is 19.6. The molecule has 5 nitrogen and oxygen atoms in total. The second kappa shape index (κ2) is 8.64. The smallest absolute Gasteiger partial charge is 0.227 e. The molecule has 6 rings (SSSR count). The van der Waals surface area contributed by atoms with Gasteiger partial charge in [0.15, 0.2) is 0 Å². The Morgan fingerprint density at radius 3 is 2.69 bits per heavy atom. The van der Waals surface area contributed by atoms with Gasteiger partial charge in [0.05, 0.1) is 18.7 Å². The van der Waals surface area contributed by atoms with E-state index in [1.54, 1.807) is 0 Å². The number of nitrogens with zero attached hydrogens (tertiary/aromatic N) is 4. The molecule has 0 bridgehead atoms. The van der Waals surface area contributed by atoms with Crippen LogP contribution >= 0.6 is 0 Å². The number of pyridine rings is 1. The molecule has 4 heterocycles. The minimum atomic E-state index is -0.521. The summed E-state index contributed by atoms with van der Waals surface area (Å²) in [6, 6.07) is 12.4. The Morgan fingerprint density at radius 2 is 1.89 bits per heavy atom. The van der Waals surface area contributed by atoms with Crippen LogP contribution in [-0.2, 0) is 30.8 Å². The number of fused-ring (bicyclic) bond motifs is 2. The van der Waals surface area contributed by atoms with Gasteiger partial charge in [0, 0.05) is 60.8 Å². The molecule has 0 aliphatic carbocycles. The van der Waals surface area contributed by atoms with Crippen molar-refractivity contribution in [2.24, 2.45) is 4.99 Å². The van der Waals surface area contributed by atoms with Crippen LogP contribution in [0, 0.1) is 18.6 Å². The molecule has 1 atom stereocenters. The SMILES string of the molecule is Cc1cc(C2=NCc3cc4c(cc32)CN([C@@H]2CCN(Cc3c(F)cccc3F)C2)C(=O)C4)ccn1. The molecule has 178 valence electrons. The maximum absolute atomic E-state index is 14.1. The van der Waals surface area contributed by atoms with Crippen LogP contribution in [-0.4, -0.2) is 45.5 Å². The van der Waals surface area contributed by atoms with E-state index < -0.39 is 11.6 Å². The highest BCUT2D eigenvalue weighted by Gasteiger charge is 2.35. The molecule has 0 spiro atoms. The zero-order chi connectivity index (χ0) is 24.1. The number of aromatic nitrogens is 1. The molecular formula is C28H26F2N4O. The van der Waals surface area contributed by atoms with E-state index in [-0.39, 0.29) is 24.1 Å². The number of hydrogen-bond donors (Lipinski definition) is 0. The predicted molar refractivity (Wildman–Crippen MR) is 129 cm³/mol. The molecule has 3 aromatic rings. The van der Waals surface area contributed by atoms with Crippen LogP contribution in [0.25, 0.3) is 0 Å². The molecule has 3 aliphatic heterocycles. The molecule has 1 saturated heterocycles. The monoisotopic (exact) mass is 472 g/mol. The Kier molecular flexibility index (Phi) is 5.44. The van der Waals surface area contributed by atoms with Crippen molar-refractivity contribution in [1.82, 2.24) is 14.8 Å². The quantitative estimate of drug-likeness (QED) is 0.573. The van der Waals surface area contributed by atoms with Crippen molar-refractivity contribution in [2.75, 3.05) is 13.1 Å². The molecule has 7 heteroatoms. The first-order valence-corrected chi connectivity index (χ1v) is 12.0. The molecule has 0 N–H and O–H groups in total. The van der Waals surface area contributed by atoms with Crippen molar-refractivity contribution < 1.29 is 13.6 Å². The third-order valence-electron chi connectivity index (χ3n) is 7.39. The molecule has 3 aliphatic rings. The fourth-order valence-electron chi connectivity index (χ4n) is 5.58. The molecular weight excluding hydrogens is 446 g/mol. The number of aliphatic imine (C=N–C) groups is 1. The summed E-state index contributed by atoms with van der Waals surface area (Å²) in [7, 11) is 0. The molecule has 1 amide bonds. The average Bonchev–Trinajstić information content (AvgIpc) is 3.46. The number of aryl methyl sites for hydroxylation is 1. The minimum Gasteiger partial charge on any atom is -0.334 e. The Labute approximate surface area is 203 Å². The van der Waals surface area contributed by atoms with Gasteiger partial charge in [-0.1, -0.05) is 12.1 Å². The van der Waals surface area contributed by atoms with E-state index >= 15 is 0 Å². The van der Waals surface area contributed by atoms with Gasteiger partial charge in [-0.15, -0.1) is 0 Å². The molecule has 2 aromatic carbocycles. The summed E-state index contributed by atoms with van der Waals surface area (Å²) in [5, 5.41) is 0. The first-order chi connectivity index (χ1) is 17.0. The number of hydrogen-bond acceptors (Lipinski definition) is 4. The van der Waals surface area contributed by atoms with Crippen LogP contribution in [0.15, 0.2) is 53.7 Å². The van der Waals surface area contributed by atoms with E-state index in [9.17, 15) is 13.6 Å². The van der Waals surface area contributed by atoms with E-state index in [0.717, 1.165) is 45.6 Å². The predicted octanol–water partition coefficient (Wildman–Crippen LogP) is 4.18. The Hall–Kier alpha value is -3.45. The van der Waals surface area contributed by atoms with Crippen LogP contribution in [0.2, 0.25) is 0 Å². The van der Waals surface area contributed by atoms with Gasteiger partial charge in [0.25, 0.3) is 0 Å². The number of halogens is 2. The van der Waals surface area contributed by atoms with Crippen LogP contribution in [0.1, 0.15) is 45.5 Å². The summed E-state index contributed by atoms with van der Waals surface area (Å²) in [5.74, 6) is -0.926. The number of carbonyl (C=O) groups is 1. The fourth-order valence-corrected chi connectivity index (χ4v) is 5.58. The van der Waals surface area contributed by atoms with E-state index in [1.165, 1.54) is 18.2 Å². The summed E-state index contributed by atoms with van der Waals surface area (Å²) >= 11 is 0. The largest absolute Gasteiger partial charge is 0.334 e. The van der Waals surface area contributed by atoms with Gasteiger partial charge in [0.2, 0.25) is 5.91 Å². The number of amides is 1. The summed E-state index contributed by atoms with van der Waals surface area (Å²) in [4.78, 5) is 26.2. The van der Waals surface area contributed by atoms with Crippen molar-refractivity contribution in [3.63, 3.8) is 0 Å². The van der Waals surface area contributed by atoms with Crippen molar-refractivity contribution in [2.45, 2.75) is 45.4 Å². The fraction of sp³-hybridized carbons (Fsp3) is 0.321. The molecule has 0 radical (unpaired) electrons. The highest BCUT2D eigenvalue weighted by Crippen LogP contribution is 2.32. The molecule has 0 saturated carbocycles. The summed E-state index contributed by atoms with van der Waals surface area (Å²) in [6.07, 6.45) is 2.98. The number of rotatable bonds is 4. The zero-order valence-electron chi connectivity index (χ0n) is 19.6. The zero-order valence-corrected chi connectivity index (χ0v) is 19.6. The highest BCUT2D eigenvalue weighted by atomic mass is 19.1. The van der Waals surface area contributed by atoms with E-state index in [1.807, 2.05) is 29.0 Å². The molecule has 0 unspecified atom stereocenters. The van der Waals surface area contributed by atoms with Gasteiger partial charge in [-0.05, 0) is 60.4 Å². The van der Waals surface area contributed by atoms with Crippen molar-refractivity contribution in [3.8, 4) is 0 Å². The average molecular weight is 473 g/mol. The summed E-state index contributed by atoms with van der Waals surface area (Å²) in [6.45, 7) is 4.69. The topological polar surface area (TPSA) is 48.8 Å². The summed E-state index contributed by atoms with van der Waals surface area (Å²) < 4.78 is 28.2. The van der Waals surface area contributed by atoms with Gasteiger partial charge in [-0.3, -0.25) is 19.7 Å². The first-order valence-electron chi connectivity index (χ1n) is 12.0. The number of likely N-dealkylation sites (tertiary alicyclic amines) is 1. The number of carbonyl (C=O) groups excluding carboxylic acids is 1. The Balaban J connectivity index is 1.21. The summed E-state index contributed by atoms with van der Waals surface area (Å²) in [5.41, 5.74) is 7.62. The third kappa shape index (κ3) is 4.04. The van der Waals surface area contributed by atoms with Crippen molar-refractivity contribution in [1.29, 1.82) is 0 Å². The van der Waals surface area contributed by atoms with Gasteiger partial charge in [-0.25, -0.2) is 8.78 Å². The van der Waals surface area contributed by atoms with Crippen LogP contribution < -0.4 is 0 Å². The van der Waals surface area contributed by atoms with E-state index in [2.05, 4.69) is 23.2 Å². The van der Waals surface area contributed by atoms with Crippen LogP contribution in [0.3, 0.4) is 0 Å². The lowest BCUT2D eigenvalue weighted by atomic mass is 9.90. The second-order valence-corrected chi connectivity index (χ2v) is 9.71. The maximum atomic E-state index is 14.1. The molecule has 35 heavy (non-hydrogen) atoms.